The smallest absolute Gasteiger partial charge is 0.319 e. The molecule has 0 aromatic heterocycles. The average molecular weight is 282 g/mol. The van der Waals surface area contributed by atoms with Crippen molar-refractivity contribution in [2.45, 2.75) is 51.4 Å². The number of esters is 1. The van der Waals surface area contributed by atoms with E-state index in [4.69, 9.17) is 4.74 Å². The first-order chi connectivity index (χ1) is 9.53. The van der Waals surface area contributed by atoms with E-state index in [9.17, 15) is 19.5 Å². The zero-order valence-electron chi connectivity index (χ0n) is 11.9. The van der Waals surface area contributed by atoms with Gasteiger partial charge in [-0.25, -0.2) is 0 Å². The van der Waals surface area contributed by atoms with Gasteiger partial charge in [-0.1, -0.05) is 25.7 Å². The van der Waals surface area contributed by atoms with Crippen molar-refractivity contribution in [3.8, 4) is 0 Å². The van der Waals surface area contributed by atoms with E-state index in [0.29, 0.717) is 25.7 Å². The average Bonchev–Trinajstić information content (AvgIpc) is 2.96. The number of carboxylic acids is 1. The Morgan fingerprint density at radius 3 is 2.05 bits per heavy atom. The number of hydrogen-bond donors (Lipinski definition) is 1. The first-order valence-electron chi connectivity index (χ1n) is 7.38. The van der Waals surface area contributed by atoms with Crippen molar-refractivity contribution in [1.29, 1.82) is 0 Å². The standard InChI is InChI=1S/C15H22O5/c1-20-14(19)15(8-4-5-9-15)12(16)10-6-2-3-7-11(10)13(17)18/h10-11H,2-9H2,1H3,(H,17,18). The molecule has 0 bridgehead atoms. The van der Waals surface area contributed by atoms with E-state index < -0.39 is 29.2 Å². The van der Waals surface area contributed by atoms with Crippen LogP contribution in [-0.2, 0) is 19.1 Å². The molecule has 5 nitrogen and oxygen atoms in total. The predicted octanol–water partition coefficient (Wildman–Crippen LogP) is 2.18. The zero-order valence-corrected chi connectivity index (χ0v) is 11.9. The quantitative estimate of drug-likeness (QED) is 0.631. The van der Waals surface area contributed by atoms with Crippen LogP contribution in [0.2, 0.25) is 0 Å². The molecule has 5 heteroatoms. The van der Waals surface area contributed by atoms with Gasteiger partial charge in [0.2, 0.25) is 0 Å². The zero-order chi connectivity index (χ0) is 14.8. The summed E-state index contributed by atoms with van der Waals surface area (Å²) in [7, 11) is 1.30. The molecule has 0 aliphatic heterocycles. The number of hydrogen-bond acceptors (Lipinski definition) is 4. The lowest BCUT2D eigenvalue weighted by Gasteiger charge is -2.34. The fourth-order valence-electron chi connectivity index (χ4n) is 3.82. The third-order valence-electron chi connectivity index (χ3n) is 4.92. The van der Waals surface area contributed by atoms with Gasteiger partial charge in [0.1, 0.15) is 5.41 Å². The summed E-state index contributed by atoms with van der Waals surface area (Å²) in [6, 6.07) is 0. The van der Waals surface area contributed by atoms with Gasteiger partial charge in [0.25, 0.3) is 0 Å². The summed E-state index contributed by atoms with van der Waals surface area (Å²) in [5.74, 6) is -2.75. The van der Waals surface area contributed by atoms with Crippen molar-refractivity contribution < 1.29 is 24.2 Å². The fraction of sp³-hybridized carbons (Fsp3) is 0.800. The van der Waals surface area contributed by atoms with E-state index >= 15 is 0 Å². The molecule has 0 heterocycles. The monoisotopic (exact) mass is 282 g/mol. The van der Waals surface area contributed by atoms with Crippen molar-refractivity contribution in [1.82, 2.24) is 0 Å². The van der Waals surface area contributed by atoms with Crippen LogP contribution in [0.3, 0.4) is 0 Å². The lowest BCUT2D eigenvalue weighted by molar-refractivity contribution is -0.163. The van der Waals surface area contributed by atoms with E-state index in [-0.39, 0.29) is 5.78 Å². The van der Waals surface area contributed by atoms with E-state index in [1.807, 2.05) is 0 Å². The molecule has 0 amide bonds. The third kappa shape index (κ3) is 2.45. The van der Waals surface area contributed by atoms with Crippen LogP contribution in [0.15, 0.2) is 0 Å². The molecule has 1 N–H and O–H groups in total. The Balaban J connectivity index is 2.26. The van der Waals surface area contributed by atoms with Crippen LogP contribution in [0.25, 0.3) is 0 Å². The highest BCUT2D eigenvalue weighted by Gasteiger charge is 2.53. The van der Waals surface area contributed by atoms with E-state index in [1.165, 1.54) is 7.11 Å². The van der Waals surface area contributed by atoms with Gasteiger partial charge < -0.3 is 9.84 Å². The van der Waals surface area contributed by atoms with E-state index in [2.05, 4.69) is 0 Å². The van der Waals surface area contributed by atoms with Gasteiger partial charge in [0.05, 0.1) is 13.0 Å². The highest BCUT2D eigenvalue weighted by atomic mass is 16.5. The van der Waals surface area contributed by atoms with Crippen molar-refractivity contribution in [2.75, 3.05) is 7.11 Å². The first-order valence-corrected chi connectivity index (χ1v) is 7.38. The maximum Gasteiger partial charge on any atom is 0.319 e. The summed E-state index contributed by atoms with van der Waals surface area (Å²) in [5.41, 5.74) is -1.08. The largest absolute Gasteiger partial charge is 0.481 e. The number of carbonyl (C=O) groups excluding carboxylic acids is 2. The number of carbonyl (C=O) groups is 3. The summed E-state index contributed by atoms with van der Waals surface area (Å²) >= 11 is 0. The van der Waals surface area contributed by atoms with Gasteiger partial charge in [-0.2, -0.15) is 0 Å². The van der Waals surface area contributed by atoms with E-state index in [1.54, 1.807) is 0 Å². The summed E-state index contributed by atoms with van der Waals surface area (Å²) in [6.07, 6.45) is 5.46. The minimum absolute atomic E-state index is 0.186. The van der Waals surface area contributed by atoms with Crippen molar-refractivity contribution in [3.63, 3.8) is 0 Å². The van der Waals surface area contributed by atoms with Gasteiger partial charge >= 0.3 is 11.9 Å². The number of ether oxygens (including phenoxy) is 1. The molecular formula is C15H22O5. The highest BCUT2D eigenvalue weighted by Crippen LogP contribution is 2.45. The molecule has 2 unspecified atom stereocenters. The summed E-state index contributed by atoms with van der Waals surface area (Å²) < 4.78 is 4.84. The Hall–Kier alpha value is -1.39. The second kappa shape index (κ2) is 5.94. The number of Topliss-reactive ketones (excluding diaryl/α,β-unsaturated/α-hetero) is 1. The molecule has 0 aromatic rings. The molecule has 20 heavy (non-hydrogen) atoms. The molecule has 2 rings (SSSR count). The normalized spacial score (nSPS) is 28.9. The first kappa shape index (κ1) is 15.0. The molecule has 0 spiro atoms. The number of carboxylic acid groups (broad SMARTS) is 1. The molecule has 0 saturated heterocycles. The SMILES string of the molecule is COC(=O)C1(C(=O)C2CCCCC2C(=O)O)CCCC1. The van der Waals surface area contributed by atoms with Crippen LogP contribution in [0, 0.1) is 17.3 Å². The summed E-state index contributed by atoms with van der Waals surface area (Å²) in [4.78, 5) is 36.3. The van der Waals surface area contributed by atoms with Gasteiger partial charge in [-0.05, 0) is 25.7 Å². The molecule has 2 aliphatic rings. The second-order valence-corrected chi connectivity index (χ2v) is 5.98. The minimum atomic E-state index is -1.08. The highest BCUT2D eigenvalue weighted by molar-refractivity contribution is 6.06. The summed E-state index contributed by atoms with van der Waals surface area (Å²) in [5, 5.41) is 9.31. The summed E-state index contributed by atoms with van der Waals surface area (Å²) in [6.45, 7) is 0. The van der Waals surface area contributed by atoms with Gasteiger partial charge in [0, 0.05) is 5.92 Å². The lowest BCUT2D eigenvalue weighted by Crippen LogP contribution is -2.45. The fourth-order valence-corrected chi connectivity index (χ4v) is 3.82. The van der Waals surface area contributed by atoms with Crippen LogP contribution in [0.1, 0.15) is 51.4 Å². The molecule has 2 saturated carbocycles. The van der Waals surface area contributed by atoms with Gasteiger partial charge in [-0.15, -0.1) is 0 Å². The van der Waals surface area contributed by atoms with Crippen LogP contribution < -0.4 is 0 Å². The molecule has 2 fully saturated rings. The van der Waals surface area contributed by atoms with Crippen LogP contribution in [-0.4, -0.2) is 29.9 Å². The Morgan fingerprint density at radius 2 is 1.55 bits per heavy atom. The molecule has 2 aliphatic carbocycles. The number of ketones is 1. The van der Waals surface area contributed by atoms with Crippen molar-refractivity contribution >= 4 is 17.7 Å². The van der Waals surface area contributed by atoms with Crippen LogP contribution in [0.5, 0.6) is 0 Å². The van der Waals surface area contributed by atoms with Crippen LogP contribution >= 0.6 is 0 Å². The number of rotatable bonds is 4. The Morgan fingerprint density at radius 1 is 1.00 bits per heavy atom. The Kier molecular flexibility index (Phi) is 4.45. The predicted molar refractivity (Wildman–Crippen MR) is 71.0 cm³/mol. The maximum absolute atomic E-state index is 12.9. The molecular weight excluding hydrogens is 260 g/mol. The van der Waals surface area contributed by atoms with Gasteiger partial charge in [-0.3, -0.25) is 14.4 Å². The molecule has 0 aromatic carbocycles. The molecule has 0 radical (unpaired) electrons. The van der Waals surface area contributed by atoms with Crippen molar-refractivity contribution in [3.05, 3.63) is 0 Å². The maximum atomic E-state index is 12.9. The topological polar surface area (TPSA) is 80.7 Å². The number of methoxy groups -OCH3 is 1. The Bertz CT molecular complexity index is 408. The Labute approximate surface area is 118 Å². The lowest BCUT2D eigenvalue weighted by atomic mass is 9.68. The van der Waals surface area contributed by atoms with Crippen LogP contribution in [0.4, 0.5) is 0 Å². The number of aliphatic carboxylic acids is 1. The third-order valence-corrected chi connectivity index (χ3v) is 4.92. The molecule has 2 atom stereocenters. The van der Waals surface area contributed by atoms with E-state index in [0.717, 1.165) is 25.7 Å². The van der Waals surface area contributed by atoms with Crippen molar-refractivity contribution in [2.24, 2.45) is 17.3 Å². The molecule has 112 valence electrons. The van der Waals surface area contributed by atoms with Gasteiger partial charge in [0.15, 0.2) is 5.78 Å². The minimum Gasteiger partial charge on any atom is -0.481 e. The second-order valence-electron chi connectivity index (χ2n) is 5.98.